The van der Waals surface area contributed by atoms with Crippen LogP contribution in [-0.2, 0) is 5.88 Å². The number of nitro groups is 1. The van der Waals surface area contributed by atoms with Gasteiger partial charge in [0.25, 0.3) is 5.69 Å². The van der Waals surface area contributed by atoms with Gasteiger partial charge in [0.1, 0.15) is 5.75 Å². The molecular weight excluding hydrogens is 242 g/mol. The smallest absolute Gasteiger partial charge is 0.270 e. The fourth-order valence-electron chi connectivity index (χ4n) is 1.79. The lowest BCUT2D eigenvalue weighted by molar-refractivity contribution is -0.384. The minimum atomic E-state index is -0.425. The van der Waals surface area contributed by atoms with Gasteiger partial charge in [0.2, 0.25) is 0 Å². The summed E-state index contributed by atoms with van der Waals surface area (Å²) >= 11 is 5.77. The van der Waals surface area contributed by atoms with Gasteiger partial charge in [-0.05, 0) is 24.8 Å². The van der Waals surface area contributed by atoms with Crippen LogP contribution in [-0.4, -0.2) is 11.5 Å². The summed E-state index contributed by atoms with van der Waals surface area (Å²) in [5.74, 6) is 1.52. The Labute approximate surface area is 105 Å². The summed E-state index contributed by atoms with van der Waals surface area (Å²) in [6, 6.07) is 4.56. The lowest BCUT2D eigenvalue weighted by Gasteiger charge is -2.25. The van der Waals surface area contributed by atoms with Crippen molar-refractivity contribution in [2.45, 2.75) is 25.1 Å². The summed E-state index contributed by atoms with van der Waals surface area (Å²) in [4.78, 5) is 10.2. The first-order valence-electron chi connectivity index (χ1n) is 5.67. The van der Waals surface area contributed by atoms with E-state index in [9.17, 15) is 10.1 Å². The van der Waals surface area contributed by atoms with E-state index >= 15 is 0 Å². The van der Waals surface area contributed by atoms with Crippen molar-refractivity contribution in [3.05, 3.63) is 33.9 Å². The van der Waals surface area contributed by atoms with Crippen LogP contribution >= 0.6 is 11.6 Å². The second kappa shape index (κ2) is 5.36. The summed E-state index contributed by atoms with van der Waals surface area (Å²) in [7, 11) is 0. The number of alkyl halides is 1. The van der Waals surface area contributed by atoms with Crippen molar-refractivity contribution in [1.29, 1.82) is 0 Å². The molecule has 0 atom stereocenters. The highest BCUT2D eigenvalue weighted by molar-refractivity contribution is 6.17. The standard InChI is InChI=1S/C12H14ClNO3/c13-7-10-6-11(14(15)16)4-5-12(10)17-8-9-2-1-3-9/h4-6,9H,1-3,7-8H2. The fraction of sp³-hybridized carbons (Fsp3) is 0.500. The fourth-order valence-corrected chi connectivity index (χ4v) is 2.00. The van der Waals surface area contributed by atoms with E-state index in [4.69, 9.17) is 16.3 Å². The highest BCUT2D eigenvalue weighted by Gasteiger charge is 2.19. The Balaban J connectivity index is 2.06. The van der Waals surface area contributed by atoms with Crippen LogP contribution in [0.3, 0.4) is 0 Å². The number of non-ortho nitro benzene ring substituents is 1. The molecule has 0 N–H and O–H groups in total. The summed E-state index contributed by atoms with van der Waals surface area (Å²) in [6.07, 6.45) is 3.70. The first kappa shape index (κ1) is 12.2. The van der Waals surface area contributed by atoms with Crippen molar-refractivity contribution < 1.29 is 9.66 Å². The zero-order chi connectivity index (χ0) is 12.3. The Hall–Kier alpha value is -1.29. The first-order valence-corrected chi connectivity index (χ1v) is 6.20. The van der Waals surface area contributed by atoms with Gasteiger partial charge in [0.15, 0.2) is 0 Å². The molecule has 5 heteroatoms. The predicted molar refractivity (Wildman–Crippen MR) is 65.5 cm³/mol. The van der Waals surface area contributed by atoms with Gasteiger partial charge in [-0.15, -0.1) is 11.6 Å². The average Bonchev–Trinajstić information content (AvgIpc) is 2.27. The van der Waals surface area contributed by atoms with Crippen LogP contribution in [0.4, 0.5) is 5.69 Å². The number of nitro benzene ring substituents is 1. The molecule has 1 saturated carbocycles. The third kappa shape index (κ3) is 2.88. The van der Waals surface area contributed by atoms with Crippen LogP contribution in [0.15, 0.2) is 18.2 Å². The van der Waals surface area contributed by atoms with Crippen LogP contribution in [0.2, 0.25) is 0 Å². The molecule has 17 heavy (non-hydrogen) atoms. The van der Waals surface area contributed by atoms with Crippen LogP contribution in [0.25, 0.3) is 0 Å². The van der Waals surface area contributed by atoms with Gasteiger partial charge in [-0.2, -0.15) is 0 Å². The monoisotopic (exact) mass is 255 g/mol. The quantitative estimate of drug-likeness (QED) is 0.460. The molecule has 0 unspecified atom stereocenters. The molecule has 1 aliphatic carbocycles. The first-order chi connectivity index (χ1) is 8.20. The van der Waals surface area contributed by atoms with Crippen molar-refractivity contribution in [2.75, 3.05) is 6.61 Å². The molecule has 1 aromatic carbocycles. The van der Waals surface area contributed by atoms with Gasteiger partial charge in [-0.3, -0.25) is 10.1 Å². The van der Waals surface area contributed by atoms with E-state index in [1.165, 1.54) is 31.4 Å². The van der Waals surface area contributed by atoms with Gasteiger partial charge in [0.05, 0.1) is 17.4 Å². The Morgan fingerprint density at radius 2 is 2.24 bits per heavy atom. The topological polar surface area (TPSA) is 52.4 Å². The van der Waals surface area contributed by atoms with E-state index in [1.807, 2.05) is 0 Å². The molecule has 92 valence electrons. The van der Waals surface area contributed by atoms with Crippen molar-refractivity contribution >= 4 is 17.3 Å². The van der Waals surface area contributed by atoms with Crippen LogP contribution < -0.4 is 4.74 Å². The Morgan fingerprint density at radius 3 is 2.76 bits per heavy atom. The minimum Gasteiger partial charge on any atom is -0.493 e. The number of rotatable bonds is 5. The Bertz CT molecular complexity index is 418. The molecule has 0 spiro atoms. The third-order valence-corrected chi connectivity index (χ3v) is 3.39. The largest absolute Gasteiger partial charge is 0.493 e. The van der Waals surface area contributed by atoms with Crippen LogP contribution in [0, 0.1) is 16.0 Å². The maximum atomic E-state index is 10.6. The summed E-state index contributed by atoms with van der Waals surface area (Å²) < 4.78 is 5.66. The van der Waals surface area contributed by atoms with Crippen molar-refractivity contribution in [2.24, 2.45) is 5.92 Å². The summed E-state index contributed by atoms with van der Waals surface area (Å²) in [6.45, 7) is 0.682. The second-order valence-corrected chi connectivity index (χ2v) is 4.56. The number of hydrogen-bond acceptors (Lipinski definition) is 3. The predicted octanol–water partition coefficient (Wildman–Crippen LogP) is 3.51. The molecule has 0 aromatic heterocycles. The molecule has 0 heterocycles. The average molecular weight is 256 g/mol. The Kier molecular flexibility index (Phi) is 3.84. The third-order valence-electron chi connectivity index (χ3n) is 3.10. The number of halogens is 1. The summed E-state index contributed by atoms with van der Waals surface area (Å²) in [5, 5.41) is 10.6. The SMILES string of the molecule is O=[N+]([O-])c1ccc(OCC2CCC2)c(CCl)c1. The molecule has 1 aromatic rings. The van der Waals surface area contributed by atoms with Crippen molar-refractivity contribution in [3.63, 3.8) is 0 Å². The van der Waals surface area contributed by atoms with E-state index in [-0.39, 0.29) is 11.6 Å². The molecular formula is C12H14ClNO3. The molecule has 0 radical (unpaired) electrons. The molecule has 4 nitrogen and oxygen atoms in total. The van der Waals surface area contributed by atoms with Crippen LogP contribution in [0.1, 0.15) is 24.8 Å². The molecule has 0 bridgehead atoms. The highest BCUT2D eigenvalue weighted by atomic mass is 35.5. The summed E-state index contributed by atoms with van der Waals surface area (Å²) in [5.41, 5.74) is 0.733. The van der Waals surface area contributed by atoms with E-state index in [2.05, 4.69) is 0 Å². The molecule has 1 fully saturated rings. The number of ether oxygens (including phenoxy) is 1. The molecule has 0 aliphatic heterocycles. The molecule has 0 amide bonds. The zero-order valence-corrected chi connectivity index (χ0v) is 10.2. The van der Waals surface area contributed by atoms with E-state index in [0.29, 0.717) is 23.8 Å². The van der Waals surface area contributed by atoms with E-state index in [1.54, 1.807) is 6.07 Å². The molecule has 2 rings (SSSR count). The number of nitrogens with zero attached hydrogens (tertiary/aromatic N) is 1. The minimum absolute atomic E-state index is 0.0524. The normalized spacial score (nSPS) is 15.4. The lowest BCUT2D eigenvalue weighted by atomic mass is 9.86. The van der Waals surface area contributed by atoms with Gasteiger partial charge in [-0.1, -0.05) is 6.42 Å². The van der Waals surface area contributed by atoms with E-state index < -0.39 is 4.92 Å². The number of benzene rings is 1. The maximum absolute atomic E-state index is 10.6. The molecule has 1 aliphatic rings. The van der Waals surface area contributed by atoms with Crippen molar-refractivity contribution in [1.82, 2.24) is 0 Å². The van der Waals surface area contributed by atoms with Gasteiger partial charge in [-0.25, -0.2) is 0 Å². The lowest BCUT2D eigenvalue weighted by Crippen LogP contribution is -2.19. The van der Waals surface area contributed by atoms with Gasteiger partial charge < -0.3 is 4.74 Å². The molecule has 0 saturated heterocycles. The van der Waals surface area contributed by atoms with Gasteiger partial charge in [0, 0.05) is 17.7 Å². The van der Waals surface area contributed by atoms with Crippen LogP contribution in [0.5, 0.6) is 5.75 Å². The zero-order valence-electron chi connectivity index (χ0n) is 9.39. The van der Waals surface area contributed by atoms with Gasteiger partial charge >= 0.3 is 0 Å². The van der Waals surface area contributed by atoms with Crippen molar-refractivity contribution in [3.8, 4) is 5.75 Å². The highest BCUT2D eigenvalue weighted by Crippen LogP contribution is 2.30. The maximum Gasteiger partial charge on any atom is 0.270 e. The van der Waals surface area contributed by atoms with E-state index in [0.717, 1.165) is 0 Å². The number of hydrogen-bond donors (Lipinski definition) is 0. The second-order valence-electron chi connectivity index (χ2n) is 4.29. The Morgan fingerprint density at radius 1 is 1.47 bits per heavy atom.